The van der Waals surface area contributed by atoms with E-state index >= 15 is 0 Å². The number of aryl methyl sites for hydroxylation is 1. The minimum Gasteiger partial charge on any atom is -0.489 e. The molecule has 0 radical (unpaired) electrons. The van der Waals surface area contributed by atoms with Gasteiger partial charge in [-0.2, -0.15) is 0 Å². The van der Waals surface area contributed by atoms with E-state index in [2.05, 4.69) is 10.1 Å². The highest BCUT2D eigenvalue weighted by atomic mass is 16.5. The average molecular weight is 431 g/mol. The third-order valence-corrected chi connectivity index (χ3v) is 5.97. The fourth-order valence-electron chi connectivity index (χ4n) is 3.88. The second-order valence-corrected chi connectivity index (χ2v) is 8.80. The number of ether oxygens (including phenoxy) is 1. The van der Waals surface area contributed by atoms with Gasteiger partial charge in [0.2, 0.25) is 0 Å². The molecule has 0 saturated heterocycles. The lowest BCUT2D eigenvalue weighted by molar-refractivity contribution is 0.153. The van der Waals surface area contributed by atoms with Gasteiger partial charge in [-0.25, -0.2) is 21.8 Å². The number of nitrogens with two attached hydrogens (primary N) is 4. The summed E-state index contributed by atoms with van der Waals surface area (Å²) in [6, 6.07) is 3.79. The molecule has 172 valence electrons. The Bertz CT molecular complexity index is 797. The van der Waals surface area contributed by atoms with Crippen LogP contribution >= 0.6 is 0 Å². The van der Waals surface area contributed by atoms with Gasteiger partial charge >= 0.3 is 0 Å². The summed E-state index contributed by atoms with van der Waals surface area (Å²) in [5, 5.41) is 6.98. The van der Waals surface area contributed by atoms with Crippen molar-refractivity contribution in [1.82, 2.24) is 15.1 Å². The van der Waals surface area contributed by atoms with Gasteiger partial charge in [-0.1, -0.05) is 19.3 Å². The number of hydrazine groups is 2. The molecule has 0 spiro atoms. The summed E-state index contributed by atoms with van der Waals surface area (Å²) in [7, 11) is 1.71. The van der Waals surface area contributed by atoms with Crippen LogP contribution in [0.25, 0.3) is 5.70 Å². The van der Waals surface area contributed by atoms with E-state index in [9.17, 15) is 0 Å². The normalized spacial score (nSPS) is 18.5. The van der Waals surface area contributed by atoms with Crippen molar-refractivity contribution in [2.24, 2.45) is 34.2 Å². The van der Waals surface area contributed by atoms with Crippen LogP contribution in [0.1, 0.15) is 69.2 Å². The third-order valence-electron chi connectivity index (χ3n) is 5.97. The predicted molar refractivity (Wildman–Crippen MR) is 124 cm³/mol. The summed E-state index contributed by atoms with van der Waals surface area (Å²) in [6.07, 6.45) is 10.6. The van der Waals surface area contributed by atoms with Crippen molar-refractivity contribution in [3.05, 3.63) is 29.2 Å². The smallest absolute Gasteiger partial charge is 0.140 e. The summed E-state index contributed by atoms with van der Waals surface area (Å²) in [5.41, 5.74) is 14.9. The zero-order valence-electron chi connectivity index (χ0n) is 18.9. The van der Waals surface area contributed by atoms with Gasteiger partial charge in [0.15, 0.2) is 0 Å². The molecule has 2 fully saturated rings. The number of hydrogen-bond donors (Lipinski definition) is 4. The molecule has 8 N–H and O–H groups in total. The fraction of sp³-hybridized carbons (Fsp3) is 0.636. The molecule has 0 unspecified atom stereocenters. The molecule has 1 aromatic heterocycles. The van der Waals surface area contributed by atoms with Gasteiger partial charge < -0.3 is 21.2 Å². The number of hydrogen-bond acceptors (Lipinski definition) is 8. The molecule has 0 atom stereocenters. The van der Waals surface area contributed by atoms with E-state index < -0.39 is 0 Å². The second-order valence-electron chi connectivity index (χ2n) is 8.80. The van der Waals surface area contributed by atoms with Crippen LogP contribution in [-0.2, 0) is 0 Å². The van der Waals surface area contributed by atoms with E-state index in [4.69, 9.17) is 27.9 Å². The van der Waals surface area contributed by atoms with Crippen molar-refractivity contribution in [3.8, 4) is 5.75 Å². The lowest BCUT2D eigenvalue weighted by Gasteiger charge is -2.25. The largest absolute Gasteiger partial charge is 0.489 e. The van der Waals surface area contributed by atoms with Crippen LogP contribution in [-0.4, -0.2) is 40.6 Å². The van der Waals surface area contributed by atoms with E-state index in [1.807, 2.05) is 19.1 Å². The van der Waals surface area contributed by atoms with Crippen LogP contribution in [0.2, 0.25) is 0 Å². The highest BCUT2D eigenvalue weighted by molar-refractivity contribution is 5.80. The average Bonchev–Trinajstić information content (AvgIpc) is 3.56. The van der Waals surface area contributed by atoms with Crippen LogP contribution in [0.5, 0.6) is 5.75 Å². The number of amidine groups is 1. The van der Waals surface area contributed by atoms with Crippen molar-refractivity contribution in [3.63, 3.8) is 0 Å². The van der Waals surface area contributed by atoms with Gasteiger partial charge in [-0.05, 0) is 57.1 Å². The molecule has 0 aromatic carbocycles. The lowest BCUT2D eigenvalue weighted by Crippen LogP contribution is -2.38. The van der Waals surface area contributed by atoms with Crippen molar-refractivity contribution in [2.75, 3.05) is 13.6 Å². The summed E-state index contributed by atoms with van der Waals surface area (Å²) in [4.78, 5) is 4.66. The number of hydrazone groups is 1. The second kappa shape index (κ2) is 10.7. The molecule has 2 saturated carbocycles. The topological polar surface area (TPSA) is 145 Å². The molecule has 3 rings (SSSR count). The summed E-state index contributed by atoms with van der Waals surface area (Å²) >= 11 is 0. The van der Waals surface area contributed by atoms with Gasteiger partial charge in [0.1, 0.15) is 11.6 Å². The highest BCUT2D eigenvalue weighted by Gasteiger charge is 2.21. The van der Waals surface area contributed by atoms with E-state index in [-0.39, 0.29) is 12.6 Å². The standard InChI is InChI=1S/C22H38N8O/c1-15-20(31-17-6-4-3-5-7-17)12-11-18(27-15)22(24)19(29(2)25)14-30(26)28-21(23)13-10-16-8-9-16/h11-12,16-17H,3-10,13-14,24-26H2,1-2H3,(H2,23,28)/b22-19-. The van der Waals surface area contributed by atoms with Gasteiger partial charge in [-0.3, -0.25) is 0 Å². The van der Waals surface area contributed by atoms with Crippen LogP contribution < -0.4 is 27.9 Å². The summed E-state index contributed by atoms with van der Waals surface area (Å²) < 4.78 is 6.17. The maximum Gasteiger partial charge on any atom is 0.140 e. The zero-order chi connectivity index (χ0) is 22.4. The number of aromatic nitrogens is 1. The van der Waals surface area contributed by atoms with Crippen molar-refractivity contribution < 1.29 is 4.74 Å². The molecule has 9 nitrogen and oxygen atoms in total. The summed E-state index contributed by atoms with van der Waals surface area (Å²) in [5.74, 6) is 14.2. The van der Waals surface area contributed by atoms with Crippen molar-refractivity contribution >= 4 is 11.5 Å². The lowest BCUT2D eigenvalue weighted by atomic mass is 9.98. The Hall–Kier alpha value is -2.52. The molecule has 2 aliphatic carbocycles. The van der Waals surface area contributed by atoms with Crippen LogP contribution in [0.4, 0.5) is 0 Å². The van der Waals surface area contributed by atoms with Crippen LogP contribution in [0.3, 0.4) is 0 Å². The minimum atomic E-state index is 0.212. The van der Waals surface area contributed by atoms with Crippen molar-refractivity contribution in [1.29, 1.82) is 0 Å². The van der Waals surface area contributed by atoms with Crippen LogP contribution in [0.15, 0.2) is 22.9 Å². The Labute approximate surface area is 185 Å². The first-order chi connectivity index (χ1) is 14.8. The fourth-order valence-corrected chi connectivity index (χ4v) is 3.88. The molecule has 0 aliphatic heterocycles. The molecule has 1 heterocycles. The Kier molecular flexibility index (Phi) is 7.97. The van der Waals surface area contributed by atoms with Gasteiger partial charge in [0, 0.05) is 13.5 Å². The van der Waals surface area contributed by atoms with Crippen molar-refractivity contribution in [2.45, 2.75) is 70.8 Å². The quantitative estimate of drug-likeness (QED) is 0.191. The first kappa shape index (κ1) is 23.1. The molecule has 31 heavy (non-hydrogen) atoms. The molecular formula is C22H38N8O. The van der Waals surface area contributed by atoms with E-state index in [1.54, 1.807) is 7.05 Å². The first-order valence-electron chi connectivity index (χ1n) is 11.3. The Morgan fingerprint density at radius 3 is 2.45 bits per heavy atom. The molecular weight excluding hydrogens is 392 g/mol. The Morgan fingerprint density at radius 1 is 1.13 bits per heavy atom. The van der Waals surface area contributed by atoms with Gasteiger partial charge in [-0.15, -0.1) is 5.10 Å². The monoisotopic (exact) mass is 430 g/mol. The molecule has 2 aliphatic rings. The predicted octanol–water partition coefficient (Wildman–Crippen LogP) is 2.17. The SMILES string of the molecule is Cc1nc(/C(N)=C(\CN(N)/N=C(\N)CCC2CC2)N(C)N)ccc1OC1CCCCC1. The maximum absolute atomic E-state index is 6.42. The number of nitrogens with zero attached hydrogens (tertiary/aromatic N) is 4. The van der Waals surface area contributed by atoms with Gasteiger partial charge in [0.25, 0.3) is 0 Å². The Morgan fingerprint density at radius 2 is 1.84 bits per heavy atom. The van der Waals surface area contributed by atoms with Gasteiger partial charge in [0.05, 0.1) is 35.4 Å². The van der Waals surface area contributed by atoms with E-state index in [0.717, 1.165) is 43.0 Å². The number of rotatable bonds is 10. The number of pyridine rings is 1. The molecule has 9 heteroatoms. The molecule has 1 aromatic rings. The maximum atomic E-state index is 6.42. The van der Waals surface area contributed by atoms with Crippen LogP contribution in [0, 0.1) is 12.8 Å². The first-order valence-corrected chi connectivity index (χ1v) is 11.3. The highest BCUT2D eigenvalue weighted by Crippen LogP contribution is 2.33. The van der Waals surface area contributed by atoms with E-state index in [1.165, 1.54) is 42.2 Å². The third kappa shape index (κ3) is 7.00. The Balaban J connectivity index is 1.69. The molecule has 0 bridgehead atoms. The number of likely N-dealkylation sites (N-methyl/N-ethyl adjacent to an activating group) is 1. The minimum absolute atomic E-state index is 0.212. The molecule has 0 amide bonds. The zero-order valence-corrected chi connectivity index (χ0v) is 18.9. The summed E-state index contributed by atoms with van der Waals surface area (Å²) in [6.45, 7) is 2.14. The van der Waals surface area contributed by atoms with E-state index in [0.29, 0.717) is 22.9 Å².